The number of rotatable bonds is 4. The Morgan fingerprint density at radius 1 is 1.10 bits per heavy atom. The molecule has 4 amide bonds. The van der Waals surface area contributed by atoms with Crippen LogP contribution in [0.3, 0.4) is 0 Å². The van der Waals surface area contributed by atoms with E-state index in [0.29, 0.717) is 35.0 Å². The molecule has 2 N–H and O–H groups in total. The quantitative estimate of drug-likeness (QED) is 0.725. The van der Waals surface area contributed by atoms with Crippen LogP contribution < -0.4 is 15.0 Å². The minimum Gasteiger partial charge on any atom is -0.488 e. The van der Waals surface area contributed by atoms with Crippen LogP contribution in [0, 0.1) is 0 Å². The van der Waals surface area contributed by atoms with Crippen LogP contribution in [-0.2, 0) is 4.79 Å². The predicted octanol–water partition coefficient (Wildman–Crippen LogP) is 2.05. The molecule has 2 aliphatic rings. The van der Waals surface area contributed by atoms with Gasteiger partial charge in [0, 0.05) is 29.2 Å². The number of piperidine rings is 1. The van der Waals surface area contributed by atoms with Crippen LogP contribution >= 0.6 is 11.6 Å². The van der Waals surface area contributed by atoms with E-state index in [2.05, 4.69) is 5.32 Å². The Labute approximate surface area is 178 Å². The Hall–Kier alpha value is -3.10. The summed E-state index contributed by atoms with van der Waals surface area (Å²) in [5.74, 6) is 0.0357. The summed E-state index contributed by atoms with van der Waals surface area (Å²) in [6, 6.07) is 12.9. The molecule has 30 heavy (non-hydrogen) atoms. The molecule has 2 atom stereocenters. The number of aliphatic hydroxyl groups excluding tert-OH is 1. The maximum absolute atomic E-state index is 12.8. The molecule has 2 fully saturated rings. The number of likely N-dealkylation sites (tertiary alicyclic amines) is 1. The first kappa shape index (κ1) is 20.2. The molecule has 156 valence electrons. The number of imide groups is 1. The van der Waals surface area contributed by atoms with Crippen molar-refractivity contribution in [1.82, 2.24) is 10.2 Å². The number of nitrogens with zero attached hydrogens (tertiary/aromatic N) is 2. The number of amides is 4. The molecule has 0 aliphatic carbocycles. The van der Waals surface area contributed by atoms with Gasteiger partial charge in [0.05, 0.1) is 6.54 Å². The van der Waals surface area contributed by atoms with E-state index >= 15 is 0 Å². The smallest absolute Gasteiger partial charge is 0.329 e. The van der Waals surface area contributed by atoms with Gasteiger partial charge in [-0.3, -0.25) is 19.8 Å². The molecule has 9 heteroatoms. The van der Waals surface area contributed by atoms with E-state index in [0.717, 1.165) is 0 Å². The summed E-state index contributed by atoms with van der Waals surface area (Å²) in [5, 5.41) is 13.3. The second kappa shape index (κ2) is 8.33. The molecule has 2 aliphatic heterocycles. The SMILES string of the molecule is O=C1CN(c2ccc(C(=O)N3CC[C@@H](Oc4ccc(Cl)cc4)[C@H](O)C3)cc2)C(=O)N1. The van der Waals surface area contributed by atoms with Crippen molar-refractivity contribution < 1.29 is 24.2 Å². The van der Waals surface area contributed by atoms with E-state index in [1.54, 1.807) is 53.4 Å². The molecule has 0 saturated carbocycles. The first-order valence-corrected chi connectivity index (χ1v) is 9.89. The van der Waals surface area contributed by atoms with E-state index < -0.39 is 18.2 Å². The van der Waals surface area contributed by atoms with Gasteiger partial charge in [0.1, 0.15) is 24.5 Å². The maximum atomic E-state index is 12.8. The number of benzene rings is 2. The predicted molar refractivity (Wildman–Crippen MR) is 110 cm³/mol. The Bertz CT molecular complexity index is 964. The first-order valence-electron chi connectivity index (χ1n) is 9.52. The molecule has 0 spiro atoms. The lowest BCUT2D eigenvalue weighted by atomic mass is 10.0. The van der Waals surface area contributed by atoms with Crippen molar-refractivity contribution in [2.24, 2.45) is 0 Å². The van der Waals surface area contributed by atoms with Crippen molar-refractivity contribution in [3.63, 3.8) is 0 Å². The summed E-state index contributed by atoms with van der Waals surface area (Å²) >= 11 is 5.87. The van der Waals surface area contributed by atoms with Crippen molar-refractivity contribution >= 4 is 35.1 Å². The minimum absolute atomic E-state index is 0.0422. The fourth-order valence-electron chi connectivity index (χ4n) is 3.54. The molecule has 8 nitrogen and oxygen atoms in total. The standard InChI is InChI=1S/C21H20ClN3O5/c22-14-3-7-16(8-4-14)30-18-9-10-24(11-17(18)26)20(28)13-1-5-15(6-2-13)25-12-19(27)23-21(25)29/h1-8,17-18,26H,9-12H2,(H,23,27,29)/t17-,18-/m1/s1. The molecule has 2 heterocycles. The second-order valence-electron chi connectivity index (χ2n) is 7.20. The molecule has 4 rings (SSSR count). The molecule has 2 saturated heterocycles. The van der Waals surface area contributed by atoms with Crippen molar-refractivity contribution in [2.45, 2.75) is 18.6 Å². The average Bonchev–Trinajstić information content (AvgIpc) is 3.08. The zero-order chi connectivity index (χ0) is 21.3. The van der Waals surface area contributed by atoms with Crippen molar-refractivity contribution in [3.05, 3.63) is 59.1 Å². The fourth-order valence-corrected chi connectivity index (χ4v) is 3.66. The number of carbonyl (C=O) groups excluding carboxylic acids is 3. The highest BCUT2D eigenvalue weighted by Gasteiger charge is 2.32. The van der Waals surface area contributed by atoms with E-state index in [4.69, 9.17) is 16.3 Å². The van der Waals surface area contributed by atoms with Crippen molar-refractivity contribution in [1.29, 1.82) is 0 Å². The lowest BCUT2D eigenvalue weighted by Crippen LogP contribution is -2.51. The van der Waals surface area contributed by atoms with Gasteiger partial charge in [0.25, 0.3) is 5.91 Å². The summed E-state index contributed by atoms with van der Waals surface area (Å²) in [6.45, 7) is 0.556. The van der Waals surface area contributed by atoms with Crippen LogP contribution in [-0.4, -0.2) is 59.7 Å². The summed E-state index contributed by atoms with van der Waals surface area (Å²) in [7, 11) is 0. The van der Waals surface area contributed by atoms with E-state index in [1.807, 2.05) is 0 Å². The molecular formula is C21H20ClN3O5. The lowest BCUT2D eigenvalue weighted by molar-refractivity contribution is -0.117. The molecule has 0 radical (unpaired) electrons. The number of anilines is 1. The summed E-state index contributed by atoms with van der Waals surface area (Å²) in [6.07, 6.45) is -0.746. The van der Waals surface area contributed by atoms with E-state index in [1.165, 1.54) is 4.90 Å². The van der Waals surface area contributed by atoms with Gasteiger partial charge in [-0.25, -0.2) is 4.79 Å². The summed E-state index contributed by atoms with van der Waals surface area (Å²) < 4.78 is 5.83. The van der Waals surface area contributed by atoms with Gasteiger partial charge >= 0.3 is 6.03 Å². The monoisotopic (exact) mass is 429 g/mol. The second-order valence-corrected chi connectivity index (χ2v) is 7.64. The fraction of sp³-hybridized carbons (Fsp3) is 0.286. The topological polar surface area (TPSA) is 99.2 Å². The van der Waals surface area contributed by atoms with Gasteiger partial charge in [-0.05, 0) is 48.5 Å². The highest BCUT2D eigenvalue weighted by molar-refractivity contribution is 6.30. The number of halogens is 1. The first-order chi connectivity index (χ1) is 14.4. The number of nitrogens with one attached hydrogen (secondary N) is 1. The van der Waals surface area contributed by atoms with Crippen LogP contribution in [0.2, 0.25) is 5.02 Å². The number of hydrogen-bond donors (Lipinski definition) is 2. The van der Waals surface area contributed by atoms with Gasteiger partial charge in [-0.1, -0.05) is 11.6 Å². The van der Waals surface area contributed by atoms with Crippen LogP contribution in [0.25, 0.3) is 0 Å². The third kappa shape index (κ3) is 4.24. The average molecular weight is 430 g/mol. The highest BCUT2D eigenvalue weighted by atomic mass is 35.5. The number of hydrogen-bond acceptors (Lipinski definition) is 5. The van der Waals surface area contributed by atoms with Gasteiger partial charge in [-0.15, -0.1) is 0 Å². The van der Waals surface area contributed by atoms with E-state index in [9.17, 15) is 19.5 Å². The van der Waals surface area contributed by atoms with E-state index in [-0.39, 0.29) is 24.9 Å². The summed E-state index contributed by atoms with van der Waals surface area (Å²) in [5.41, 5.74) is 0.971. The molecule has 0 aromatic heterocycles. The zero-order valence-electron chi connectivity index (χ0n) is 16.0. The van der Waals surface area contributed by atoms with Gasteiger partial charge < -0.3 is 14.7 Å². The molecule has 2 aromatic rings. The Kier molecular flexibility index (Phi) is 5.61. The molecule has 0 unspecified atom stereocenters. The Morgan fingerprint density at radius 2 is 1.80 bits per heavy atom. The number of carbonyl (C=O) groups is 3. The maximum Gasteiger partial charge on any atom is 0.329 e. The lowest BCUT2D eigenvalue weighted by Gasteiger charge is -2.36. The largest absolute Gasteiger partial charge is 0.488 e. The van der Waals surface area contributed by atoms with Crippen LogP contribution in [0.4, 0.5) is 10.5 Å². The number of β-amino-alcohol motifs (C(OH)–C–C–N with tert-alkyl or cyclic N) is 1. The Morgan fingerprint density at radius 3 is 2.40 bits per heavy atom. The number of ether oxygens (including phenoxy) is 1. The van der Waals surface area contributed by atoms with Crippen molar-refractivity contribution in [2.75, 3.05) is 24.5 Å². The van der Waals surface area contributed by atoms with Gasteiger partial charge in [0.2, 0.25) is 5.91 Å². The van der Waals surface area contributed by atoms with Crippen molar-refractivity contribution in [3.8, 4) is 5.75 Å². The van der Waals surface area contributed by atoms with Gasteiger partial charge in [0.15, 0.2) is 0 Å². The normalized spacial score (nSPS) is 21.5. The molecule has 0 bridgehead atoms. The summed E-state index contributed by atoms with van der Waals surface area (Å²) in [4.78, 5) is 38.8. The van der Waals surface area contributed by atoms with Gasteiger partial charge in [-0.2, -0.15) is 0 Å². The van der Waals surface area contributed by atoms with Crippen LogP contribution in [0.5, 0.6) is 5.75 Å². The third-order valence-electron chi connectivity index (χ3n) is 5.13. The number of aliphatic hydroxyl groups is 1. The third-order valence-corrected chi connectivity index (χ3v) is 5.38. The minimum atomic E-state index is -0.822. The zero-order valence-corrected chi connectivity index (χ0v) is 16.7. The number of urea groups is 1. The highest BCUT2D eigenvalue weighted by Crippen LogP contribution is 2.23. The van der Waals surface area contributed by atoms with Crippen LogP contribution in [0.1, 0.15) is 16.8 Å². The van der Waals surface area contributed by atoms with Crippen LogP contribution in [0.15, 0.2) is 48.5 Å². The molecular weight excluding hydrogens is 410 g/mol. The Balaban J connectivity index is 1.37. The molecule has 2 aromatic carbocycles.